The number of nitrogens with zero attached hydrogens (tertiary/aromatic N) is 1. The molecule has 2 aromatic carbocycles. The summed E-state index contributed by atoms with van der Waals surface area (Å²) in [5, 5.41) is 23.1. The molecule has 3 aromatic rings. The highest BCUT2D eigenvalue weighted by Crippen LogP contribution is 2.35. The largest absolute Gasteiger partial charge is 0.507 e. The minimum atomic E-state index is -0.965. The molecule has 2 atom stereocenters. The summed E-state index contributed by atoms with van der Waals surface area (Å²) in [6.45, 7) is 1.88. The van der Waals surface area contributed by atoms with Gasteiger partial charge in [0.05, 0.1) is 11.6 Å². The van der Waals surface area contributed by atoms with Crippen LogP contribution in [-0.4, -0.2) is 27.2 Å². The van der Waals surface area contributed by atoms with E-state index in [2.05, 4.69) is 10.3 Å². The third-order valence-corrected chi connectivity index (χ3v) is 5.89. The molecule has 1 aromatic heterocycles. The second-order valence-corrected chi connectivity index (χ2v) is 8.29. The number of benzene rings is 2. The van der Waals surface area contributed by atoms with Gasteiger partial charge in [0.2, 0.25) is 0 Å². The maximum absolute atomic E-state index is 14.6. The smallest absolute Gasteiger partial charge is 0.306 e. The number of nitrogens with one attached hydrogen (secondary N) is 1. The second kappa shape index (κ2) is 8.94. The lowest BCUT2D eigenvalue weighted by Crippen LogP contribution is -2.31. The van der Waals surface area contributed by atoms with Crippen molar-refractivity contribution >= 4 is 11.8 Å². The normalized spacial score (nSPS) is 18.3. The summed E-state index contributed by atoms with van der Waals surface area (Å²) in [4.78, 5) is 16.0. The number of halogens is 2. The number of carboxylic acid groups (broad SMARTS) is 1. The molecule has 1 heterocycles. The summed E-state index contributed by atoms with van der Waals surface area (Å²) in [7, 11) is 0. The van der Waals surface area contributed by atoms with Gasteiger partial charge in [0.25, 0.3) is 0 Å². The zero-order valence-electron chi connectivity index (χ0n) is 17.6. The van der Waals surface area contributed by atoms with Crippen LogP contribution < -0.4 is 5.32 Å². The summed E-state index contributed by atoms with van der Waals surface area (Å²) in [6, 6.07) is 12.2. The van der Waals surface area contributed by atoms with Crippen molar-refractivity contribution in [2.45, 2.75) is 38.6 Å². The van der Waals surface area contributed by atoms with Crippen LogP contribution in [0.15, 0.2) is 48.5 Å². The molecule has 0 aliphatic heterocycles. The van der Waals surface area contributed by atoms with Crippen LogP contribution >= 0.6 is 0 Å². The highest BCUT2D eigenvalue weighted by molar-refractivity contribution is 5.77. The lowest BCUT2D eigenvalue weighted by Gasteiger charge is -2.28. The minimum Gasteiger partial charge on any atom is -0.507 e. The van der Waals surface area contributed by atoms with Crippen molar-refractivity contribution in [1.29, 1.82) is 0 Å². The Morgan fingerprint density at radius 3 is 2.69 bits per heavy atom. The van der Waals surface area contributed by atoms with E-state index in [0.29, 0.717) is 35.5 Å². The number of carboxylic acids is 1. The standard InChI is InChI=1S/C25H24F2N2O3/c1-14-8-9-22(30)19(10-14)21-12-16(18-6-3-7-20(26)24(18)27)13-23(29-21)28-17-5-2-4-15(11-17)25(31)32/h3,6-10,12-13,15,17,30H,2,4-5,11H2,1H3,(H,28,29)(H,31,32). The number of aromatic hydroxyl groups is 1. The first-order valence-corrected chi connectivity index (χ1v) is 10.6. The second-order valence-electron chi connectivity index (χ2n) is 8.29. The van der Waals surface area contributed by atoms with Crippen LogP contribution in [0.5, 0.6) is 5.75 Å². The maximum Gasteiger partial charge on any atom is 0.306 e. The third kappa shape index (κ3) is 4.56. The van der Waals surface area contributed by atoms with Gasteiger partial charge in [-0.05, 0) is 62.1 Å². The van der Waals surface area contributed by atoms with Gasteiger partial charge in [-0.2, -0.15) is 0 Å². The molecule has 3 N–H and O–H groups in total. The molecule has 0 radical (unpaired) electrons. The number of aryl methyl sites for hydroxylation is 1. The average molecular weight is 438 g/mol. The summed E-state index contributed by atoms with van der Waals surface area (Å²) in [5.74, 6) is -2.72. The fourth-order valence-electron chi connectivity index (χ4n) is 4.23. The predicted octanol–water partition coefficient (Wildman–Crippen LogP) is 5.76. The Kier molecular flexibility index (Phi) is 6.08. The summed E-state index contributed by atoms with van der Waals surface area (Å²) in [6.07, 6.45) is 2.66. The molecule has 7 heteroatoms. The number of hydrogen-bond donors (Lipinski definition) is 3. The van der Waals surface area contributed by atoms with Gasteiger partial charge in [0, 0.05) is 17.2 Å². The first kappa shape index (κ1) is 21.7. The molecular formula is C25H24F2N2O3. The monoisotopic (exact) mass is 438 g/mol. The van der Waals surface area contributed by atoms with Crippen LogP contribution in [0.4, 0.5) is 14.6 Å². The topological polar surface area (TPSA) is 82.5 Å². The molecule has 32 heavy (non-hydrogen) atoms. The Labute approximate surface area is 184 Å². The molecular weight excluding hydrogens is 414 g/mol. The SMILES string of the molecule is Cc1ccc(O)c(-c2cc(-c3cccc(F)c3F)cc(NC3CCCC(C(=O)O)C3)n2)c1. The van der Waals surface area contributed by atoms with Gasteiger partial charge in [0.15, 0.2) is 11.6 Å². The highest BCUT2D eigenvalue weighted by atomic mass is 19.2. The molecule has 0 amide bonds. The van der Waals surface area contributed by atoms with E-state index in [4.69, 9.17) is 0 Å². The molecule has 1 saturated carbocycles. The van der Waals surface area contributed by atoms with Gasteiger partial charge in [-0.3, -0.25) is 4.79 Å². The molecule has 1 aliphatic carbocycles. The van der Waals surface area contributed by atoms with Crippen molar-refractivity contribution in [3.63, 3.8) is 0 Å². The molecule has 1 aliphatic rings. The van der Waals surface area contributed by atoms with E-state index in [1.54, 1.807) is 30.3 Å². The predicted molar refractivity (Wildman–Crippen MR) is 118 cm³/mol. The molecule has 2 unspecified atom stereocenters. The van der Waals surface area contributed by atoms with Crippen molar-refractivity contribution in [3.05, 3.63) is 65.7 Å². The van der Waals surface area contributed by atoms with Crippen LogP contribution in [0.25, 0.3) is 22.4 Å². The number of aromatic nitrogens is 1. The van der Waals surface area contributed by atoms with Crippen LogP contribution in [0, 0.1) is 24.5 Å². The van der Waals surface area contributed by atoms with E-state index in [1.807, 2.05) is 6.92 Å². The number of hydrogen-bond acceptors (Lipinski definition) is 4. The molecule has 1 fully saturated rings. The Hall–Kier alpha value is -3.48. The zero-order valence-corrected chi connectivity index (χ0v) is 17.6. The maximum atomic E-state index is 14.6. The van der Waals surface area contributed by atoms with Gasteiger partial charge in [-0.1, -0.05) is 30.2 Å². The zero-order chi connectivity index (χ0) is 22.8. The van der Waals surface area contributed by atoms with E-state index in [1.165, 1.54) is 12.1 Å². The first-order chi connectivity index (χ1) is 15.3. The fraction of sp³-hybridized carbons (Fsp3) is 0.280. The van der Waals surface area contributed by atoms with Crippen LogP contribution in [-0.2, 0) is 4.79 Å². The van der Waals surface area contributed by atoms with E-state index >= 15 is 0 Å². The number of phenolic OH excluding ortho intramolecular Hbond substituents is 1. The van der Waals surface area contributed by atoms with Crippen molar-refractivity contribution in [1.82, 2.24) is 4.98 Å². The van der Waals surface area contributed by atoms with Crippen molar-refractivity contribution in [2.75, 3.05) is 5.32 Å². The molecule has 5 nitrogen and oxygen atoms in total. The van der Waals surface area contributed by atoms with Gasteiger partial charge in [-0.15, -0.1) is 0 Å². The summed E-state index contributed by atoms with van der Waals surface area (Å²) >= 11 is 0. The van der Waals surface area contributed by atoms with Gasteiger partial charge >= 0.3 is 5.97 Å². The van der Waals surface area contributed by atoms with Crippen LogP contribution in [0.2, 0.25) is 0 Å². The molecule has 0 bridgehead atoms. The Bertz CT molecular complexity index is 1150. The van der Waals surface area contributed by atoms with Crippen molar-refractivity contribution < 1.29 is 23.8 Å². The number of aliphatic carboxylic acids is 1. The van der Waals surface area contributed by atoms with Crippen LogP contribution in [0.1, 0.15) is 31.2 Å². The van der Waals surface area contributed by atoms with Gasteiger partial charge in [0.1, 0.15) is 11.6 Å². The number of phenols is 1. The first-order valence-electron chi connectivity index (χ1n) is 10.6. The lowest BCUT2D eigenvalue weighted by molar-refractivity contribution is -0.142. The molecule has 0 saturated heterocycles. The Morgan fingerprint density at radius 1 is 1.09 bits per heavy atom. The Morgan fingerprint density at radius 2 is 1.91 bits per heavy atom. The third-order valence-electron chi connectivity index (χ3n) is 5.89. The lowest BCUT2D eigenvalue weighted by atomic mass is 9.86. The fourth-order valence-corrected chi connectivity index (χ4v) is 4.23. The summed E-state index contributed by atoms with van der Waals surface area (Å²) in [5.41, 5.74) is 2.27. The minimum absolute atomic E-state index is 0.0227. The molecule has 166 valence electrons. The summed E-state index contributed by atoms with van der Waals surface area (Å²) < 4.78 is 28.5. The number of anilines is 1. The average Bonchev–Trinajstić information content (AvgIpc) is 2.77. The van der Waals surface area contributed by atoms with E-state index in [9.17, 15) is 23.8 Å². The van der Waals surface area contributed by atoms with Gasteiger partial charge in [-0.25, -0.2) is 13.8 Å². The van der Waals surface area contributed by atoms with Crippen LogP contribution in [0.3, 0.4) is 0 Å². The number of pyridine rings is 1. The quantitative estimate of drug-likeness (QED) is 0.472. The highest BCUT2D eigenvalue weighted by Gasteiger charge is 2.27. The van der Waals surface area contributed by atoms with Gasteiger partial charge < -0.3 is 15.5 Å². The molecule has 0 spiro atoms. The van der Waals surface area contributed by atoms with E-state index < -0.39 is 23.5 Å². The molecule has 4 rings (SSSR count). The van der Waals surface area contributed by atoms with E-state index in [0.717, 1.165) is 24.5 Å². The number of rotatable bonds is 5. The van der Waals surface area contributed by atoms with Crippen molar-refractivity contribution in [2.24, 2.45) is 5.92 Å². The Balaban J connectivity index is 1.78. The van der Waals surface area contributed by atoms with E-state index in [-0.39, 0.29) is 17.4 Å². The van der Waals surface area contributed by atoms with Crippen molar-refractivity contribution in [3.8, 4) is 28.1 Å². The number of carbonyl (C=O) groups is 1.